The van der Waals surface area contributed by atoms with Gasteiger partial charge in [-0.2, -0.15) is 0 Å². The van der Waals surface area contributed by atoms with Gasteiger partial charge in [0.1, 0.15) is 5.82 Å². The molecule has 0 saturated carbocycles. The van der Waals surface area contributed by atoms with E-state index in [1.807, 2.05) is 26.0 Å². The molecule has 5 heteroatoms. The molecule has 0 fully saturated rings. The highest BCUT2D eigenvalue weighted by Gasteiger charge is 2.24. The molecule has 0 saturated heterocycles. The monoisotopic (exact) mass is 250 g/mol. The van der Waals surface area contributed by atoms with Gasteiger partial charge in [0.2, 0.25) is 0 Å². The largest absolute Gasteiger partial charge is 0.493 e. The van der Waals surface area contributed by atoms with Crippen LogP contribution in [0, 0.1) is 0 Å². The molecule has 2 N–H and O–H groups in total. The highest BCUT2D eigenvalue weighted by atomic mass is 16.5. The molecule has 18 heavy (non-hydrogen) atoms. The second-order valence-electron chi connectivity index (χ2n) is 4.85. The summed E-state index contributed by atoms with van der Waals surface area (Å²) in [6.45, 7) is 3.89. The number of nitrogens with one attached hydrogen (secondary N) is 1. The van der Waals surface area contributed by atoms with Crippen LogP contribution < -0.4 is 9.47 Å². The molecule has 0 spiro atoms. The van der Waals surface area contributed by atoms with Gasteiger partial charge < -0.3 is 19.6 Å². The first kappa shape index (κ1) is 12.7. The molecule has 0 unspecified atom stereocenters. The summed E-state index contributed by atoms with van der Waals surface area (Å²) in [5, 5.41) is 9.36. The highest BCUT2D eigenvalue weighted by Crippen LogP contribution is 2.32. The van der Waals surface area contributed by atoms with Gasteiger partial charge in [-0.1, -0.05) is 13.8 Å². The van der Waals surface area contributed by atoms with Crippen LogP contribution in [0.2, 0.25) is 0 Å². The van der Waals surface area contributed by atoms with E-state index in [9.17, 15) is 5.11 Å². The Morgan fingerprint density at radius 2 is 1.83 bits per heavy atom. The summed E-state index contributed by atoms with van der Waals surface area (Å²) in [5.74, 6) is 2.04. The number of imidazole rings is 1. The SMILES string of the molecule is COc1cc2nc(C(C)(C)CO)[nH]c2cc1OC. The average Bonchev–Trinajstić information content (AvgIpc) is 2.80. The molecular weight excluding hydrogens is 232 g/mol. The number of H-pyrrole nitrogens is 1. The summed E-state index contributed by atoms with van der Waals surface area (Å²) in [7, 11) is 3.19. The van der Waals surface area contributed by atoms with Gasteiger partial charge in [0.05, 0.1) is 31.9 Å². The zero-order valence-electron chi connectivity index (χ0n) is 11.1. The van der Waals surface area contributed by atoms with E-state index in [1.54, 1.807) is 14.2 Å². The number of methoxy groups -OCH3 is 2. The predicted octanol–water partition coefficient (Wildman–Crippen LogP) is 1.85. The zero-order valence-corrected chi connectivity index (χ0v) is 11.1. The molecule has 0 amide bonds. The first-order valence-electron chi connectivity index (χ1n) is 5.75. The molecule has 0 aliphatic rings. The van der Waals surface area contributed by atoms with Crippen LogP contribution in [0.1, 0.15) is 19.7 Å². The number of aliphatic hydroxyl groups excluding tert-OH is 1. The second kappa shape index (κ2) is 4.49. The molecule has 5 nitrogen and oxygen atoms in total. The molecule has 0 atom stereocenters. The number of hydrogen-bond acceptors (Lipinski definition) is 4. The fraction of sp³-hybridized carbons (Fsp3) is 0.462. The lowest BCUT2D eigenvalue weighted by molar-refractivity contribution is 0.213. The van der Waals surface area contributed by atoms with E-state index >= 15 is 0 Å². The first-order valence-corrected chi connectivity index (χ1v) is 5.75. The zero-order chi connectivity index (χ0) is 13.3. The van der Waals surface area contributed by atoms with Gasteiger partial charge in [0, 0.05) is 17.5 Å². The normalized spacial score (nSPS) is 11.8. The van der Waals surface area contributed by atoms with Crippen molar-refractivity contribution in [3.05, 3.63) is 18.0 Å². The van der Waals surface area contributed by atoms with Crippen molar-refractivity contribution in [2.24, 2.45) is 0 Å². The lowest BCUT2D eigenvalue weighted by atomic mass is 9.94. The van der Waals surface area contributed by atoms with Crippen molar-refractivity contribution in [3.8, 4) is 11.5 Å². The third-order valence-corrected chi connectivity index (χ3v) is 3.02. The van der Waals surface area contributed by atoms with Crippen molar-refractivity contribution in [3.63, 3.8) is 0 Å². The maximum atomic E-state index is 9.36. The quantitative estimate of drug-likeness (QED) is 0.869. The van der Waals surface area contributed by atoms with Crippen LogP contribution in [0.5, 0.6) is 11.5 Å². The lowest BCUT2D eigenvalue weighted by Gasteiger charge is -2.17. The maximum absolute atomic E-state index is 9.36. The maximum Gasteiger partial charge on any atom is 0.163 e. The Hall–Kier alpha value is -1.75. The van der Waals surface area contributed by atoms with Gasteiger partial charge >= 0.3 is 0 Å². The summed E-state index contributed by atoms with van der Waals surface area (Å²) >= 11 is 0. The van der Waals surface area contributed by atoms with Crippen molar-refractivity contribution >= 4 is 11.0 Å². The Bertz CT molecular complexity index is 520. The Kier molecular flexibility index (Phi) is 3.17. The lowest BCUT2D eigenvalue weighted by Crippen LogP contribution is -2.23. The number of aromatic nitrogens is 2. The van der Waals surface area contributed by atoms with Crippen LogP contribution in [0.4, 0.5) is 0 Å². The van der Waals surface area contributed by atoms with Crippen LogP contribution in [0.3, 0.4) is 0 Å². The minimum atomic E-state index is -0.403. The number of rotatable bonds is 4. The summed E-state index contributed by atoms with van der Waals surface area (Å²) in [5.41, 5.74) is 1.26. The molecule has 98 valence electrons. The molecule has 0 aliphatic heterocycles. The highest BCUT2D eigenvalue weighted by molar-refractivity contribution is 5.80. The number of hydrogen-bond donors (Lipinski definition) is 2. The van der Waals surface area contributed by atoms with Gasteiger partial charge in [-0.3, -0.25) is 0 Å². The predicted molar refractivity (Wildman–Crippen MR) is 69.3 cm³/mol. The van der Waals surface area contributed by atoms with Crippen LogP contribution >= 0.6 is 0 Å². The van der Waals surface area contributed by atoms with Crippen LogP contribution in [-0.2, 0) is 5.41 Å². The van der Waals surface area contributed by atoms with Gasteiger partial charge in [0.15, 0.2) is 11.5 Å². The molecule has 1 aromatic heterocycles. The van der Waals surface area contributed by atoms with Crippen LogP contribution in [-0.4, -0.2) is 35.9 Å². The van der Waals surface area contributed by atoms with Gasteiger partial charge in [-0.25, -0.2) is 4.98 Å². The number of aliphatic hydroxyl groups is 1. The minimum Gasteiger partial charge on any atom is -0.493 e. The van der Waals surface area contributed by atoms with Gasteiger partial charge in [-0.15, -0.1) is 0 Å². The topological polar surface area (TPSA) is 67.4 Å². The molecule has 0 bridgehead atoms. The molecule has 2 aromatic rings. The number of fused-ring (bicyclic) bond motifs is 1. The van der Waals surface area contributed by atoms with Crippen LogP contribution in [0.15, 0.2) is 12.1 Å². The van der Waals surface area contributed by atoms with E-state index in [-0.39, 0.29) is 6.61 Å². The molecule has 1 heterocycles. The Labute approximate surface area is 106 Å². The smallest absolute Gasteiger partial charge is 0.163 e. The van der Waals surface area contributed by atoms with Crippen molar-refractivity contribution < 1.29 is 14.6 Å². The molecular formula is C13H18N2O3. The first-order chi connectivity index (χ1) is 8.51. The van der Waals surface area contributed by atoms with Gasteiger partial charge in [0.25, 0.3) is 0 Å². The fourth-order valence-electron chi connectivity index (χ4n) is 1.73. The average molecular weight is 250 g/mol. The Balaban J connectivity index is 2.58. The van der Waals surface area contributed by atoms with Crippen LogP contribution in [0.25, 0.3) is 11.0 Å². The summed E-state index contributed by atoms with van der Waals surface area (Å²) in [4.78, 5) is 7.69. The van der Waals surface area contributed by atoms with Crippen molar-refractivity contribution in [2.45, 2.75) is 19.3 Å². The van der Waals surface area contributed by atoms with Gasteiger partial charge in [-0.05, 0) is 0 Å². The van der Waals surface area contributed by atoms with E-state index in [2.05, 4.69) is 9.97 Å². The minimum absolute atomic E-state index is 0.0289. The van der Waals surface area contributed by atoms with E-state index in [1.165, 1.54) is 0 Å². The fourth-order valence-corrected chi connectivity index (χ4v) is 1.73. The molecule has 2 rings (SSSR count). The molecule has 1 aromatic carbocycles. The second-order valence-corrected chi connectivity index (χ2v) is 4.85. The summed E-state index contributed by atoms with van der Waals surface area (Å²) in [6, 6.07) is 3.67. The summed E-state index contributed by atoms with van der Waals surface area (Å²) < 4.78 is 10.5. The molecule has 0 aliphatic carbocycles. The number of benzene rings is 1. The van der Waals surface area contributed by atoms with E-state index in [0.29, 0.717) is 11.5 Å². The number of nitrogens with zero attached hydrogens (tertiary/aromatic N) is 1. The van der Waals surface area contributed by atoms with Crippen molar-refractivity contribution in [1.82, 2.24) is 9.97 Å². The van der Waals surface area contributed by atoms with E-state index in [0.717, 1.165) is 16.9 Å². The Morgan fingerprint density at radius 3 is 2.39 bits per heavy atom. The standard InChI is InChI=1S/C13H18N2O3/c1-13(2,7-16)12-14-8-5-10(17-3)11(18-4)6-9(8)15-12/h5-6,16H,7H2,1-4H3,(H,14,15). The number of ether oxygens (including phenoxy) is 2. The third-order valence-electron chi connectivity index (χ3n) is 3.02. The van der Waals surface area contributed by atoms with E-state index < -0.39 is 5.41 Å². The third kappa shape index (κ3) is 2.01. The molecule has 0 radical (unpaired) electrons. The van der Waals surface area contributed by atoms with Crippen molar-refractivity contribution in [1.29, 1.82) is 0 Å². The van der Waals surface area contributed by atoms with E-state index in [4.69, 9.17) is 9.47 Å². The number of aromatic amines is 1. The summed E-state index contributed by atoms with van der Waals surface area (Å²) in [6.07, 6.45) is 0. The van der Waals surface area contributed by atoms with Crippen molar-refractivity contribution in [2.75, 3.05) is 20.8 Å². The Morgan fingerprint density at radius 1 is 1.22 bits per heavy atom.